The molecule has 6 nitrogen and oxygen atoms in total. The third-order valence-corrected chi connectivity index (χ3v) is 2.71. The van der Waals surface area contributed by atoms with Crippen molar-refractivity contribution < 1.29 is 14.2 Å². The quantitative estimate of drug-likeness (QED) is 0.790. The van der Waals surface area contributed by atoms with Gasteiger partial charge in [-0.2, -0.15) is 5.10 Å². The average molecular weight is 254 g/mol. The molecule has 3 N–H and O–H groups in total. The molecule has 0 saturated heterocycles. The van der Waals surface area contributed by atoms with Crippen LogP contribution in [0.15, 0.2) is 18.5 Å². The number of aromatic nitrogens is 3. The monoisotopic (exact) mass is 254 g/mol. The number of halogens is 1. The van der Waals surface area contributed by atoms with E-state index in [2.05, 4.69) is 10.1 Å². The van der Waals surface area contributed by atoms with Crippen molar-refractivity contribution in [3.63, 3.8) is 0 Å². The minimum atomic E-state index is -1.29. The number of nitrogens with two attached hydrogens (primary N) is 1. The maximum atomic E-state index is 13.3. The molecule has 0 aliphatic rings. The van der Waals surface area contributed by atoms with E-state index >= 15 is 0 Å². The molecule has 0 saturated carbocycles. The normalized spacial score (nSPS) is 16.7. The van der Waals surface area contributed by atoms with Crippen molar-refractivity contribution >= 4 is 11.3 Å². The van der Waals surface area contributed by atoms with E-state index in [0.29, 0.717) is 17.0 Å². The third-order valence-electron chi connectivity index (χ3n) is 2.71. The Morgan fingerprint density at radius 3 is 2.94 bits per heavy atom. The summed E-state index contributed by atoms with van der Waals surface area (Å²) in [7, 11) is 0. The molecule has 0 aliphatic carbocycles. The zero-order valence-corrected chi connectivity index (χ0v) is 10.2. The predicted octanol–water partition coefficient (Wildman–Crippen LogP) is 0.851. The Morgan fingerprint density at radius 2 is 2.33 bits per heavy atom. The number of hydrogen-bond acceptors (Lipinski definition) is 5. The van der Waals surface area contributed by atoms with Crippen molar-refractivity contribution in [1.82, 2.24) is 14.6 Å². The highest BCUT2D eigenvalue weighted by Gasteiger charge is 2.33. The first-order valence-electron chi connectivity index (χ1n) is 5.48. The van der Waals surface area contributed by atoms with E-state index in [9.17, 15) is 9.50 Å². The minimum absolute atomic E-state index is 0.300. The highest BCUT2D eigenvalue weighted by Crippen LogP contribution is 2.29. The summed E-state index contributed by atoms with van der Waals surface area (Å²) in [5, 5.41) is 13.3. The molecule has 98 valence electrons. The smallest absolute Gasteiger partial charge is 0.153 e. The van der Waals surface area contributed by atoms with Gasteiger partial charge in [0.15, 0.2) is 12.1 Å². The van der Waals surface area contributed by atoms with Crippen LogP contribution in [0.5, 0.6) is 0 Å². The summed E-state index contributed by atoms with van der Waals surface area (Å²) in [5.74, 6) is 0.300. The standard InChI is InChI=1S/C11H15FN4O2/c1-7(17)18-11(2,5-12)9-4-3-8-10(13)14-6-15-16(8)9/h3-4,6-7,17H,5H2,1-2H3,(H2,13,14,15)/t7?,11-/m1/s1. The molecule has 0 aromatic carbocycles. The van der Waals surface area contributed by atoms with Gasteiger partial charge in [0.05, 0.1) is 5.69 Å². The van der Waals surface area contributed by atoms with Gasteiger partial charge in [-0.1, -0.05) is 0 Å². The third kappa shape index (κ3) is 2.02. The number of nitrogen functional groups attached to an aromatic ring is 1. The molecule has 2 rings (SSSR count). The summed E-state index contributed by atoms with van der Waals surface area (Å²) in [6.07, 6.45) is 0.197. The number of fused-ring (bicyclic) bond motifs is 1. The van der Waals surface area contributed by atoms with Gasteiger partial charge in [-0.25, -0.2) is 13.9 Å². The SMILES string of the molecule is CC(O)O[C@](C)(CF)c1ccc2c(N)ncnn12. The second kappa shape index (κ2) is 4.51. The fraction of sp³-hybridized carbons (Fsp3) is 0.455. The summed E-state index contributed by atoms with van der Waals surface area (Å²) in [6.45, 7) is 2.17. The van der Waals surface area contributed by atoms with Crippen molar-refractivity contribution in [2.45, 2.75) is 25.7 Å². The van der Waals surface area contributed by atoms with Crippen LogP contribution < -0.4 is 5.73 Å². The van der Waals surface area contributed by atoms with E-state index in [1.807, 2.05) is 0 Å². The first kappa shape index (κ1) is 12.7. The Balaban J connectivity index is 2.55. The van der Waals surface area contributed by atoms with Gasteiger partial charge >= 0.3 is 0 Å². The fourth-order valence-corrected chi connectivity index (χ4v) is 1.89. The highest BCUT2D eigenvalue weighted by molar-refractivity contribution is 5.65. The highest BCUT2D eigenvalue weighted by atomic mass is 19.1. The van der Waals surface area contributed by atoms with Crippen molar-refractivity contribution in [2.24, 2.45) is 0 Å². The van der Waals surface area contributed by atoms with E-state index in [-0.39, 0.29) is 0 Å². The van der Waals surface area contributed by atoms with Gasteiger partial charge in [0.25, 0.3) is 0 Å². The topological polar surface area (TPSA) is 85.7 Å². The minimum Gasteiger partial charge on any atom is -0.382 e. The van der Waals surface area contributed by atoms with Crippen LogP contribution in [-0.4, -0.2) is 32.7 Å². The first-order chi connectivity index (χ1) is 8.48. The molecule has 0 aliphatic heterocycles. The molecule has 2 aromatic heterocycles. The Labute approximate surface area is 103 Å². The lowest BCUT2D eigenvalue weighted by Crippen LogP contribution is -2.34. The maximum absolute atomic E-state index is 13.3. The number of rotatable bonds is 4. The number of alkyl halides is 1. The lowest BCUT2D eigenvalue weighted by atomic mass is 10.0. The van der Waals surface area contributed by atoms with Crippen LogP contribution in [0.4, 0.5) is 10.2 Å². The number of aliphatic hydroxyl groups is 1. The molecule has 18 heavy (non-hydrogen) atoms. The number of anilines is 1. The molecule has 2 aromatic rings. The Kier molecular flexibility index (Phi) is 3.18. The zero-order chi connectivity index (χ0) is 13.3. The van der Waals surface area contributed by atoms with Gasteiger partial charge in [-0.3, -0.25) is 0 Å². The molecule has 2 heterocycles. The van der Waals surface area contributed by atoms with E-state index < -0.39 is 18.6 Å². The van der Waals surface area contributed by atoms with Gasteiger partial charge in [-0.05, 0) is 26.0 Å². The number of aliphatic hydroxyl groups excluding tert-OH is 1. The average Bonchev–Trinajstić information content (AvgIpc) is 2.74. The van der Waals surface area contributed by atoms with Crippen LogP contribution in [0.1, 0.15) is 19.5 Å². The van der Waals surface area contributed by atoms with E-state index in [1.54, 1.807) is 19.1 Å². The van der Waals surface area contributed by atoms with Gasteiger partial charge in [0.1, 0.15) is 24.1 Å². The lowest BCUT2D eigenvalue weighted by molar-refractivity contribution is -0.182. The van der Waals surface area contributed by atoms with Crippen LogP contribution >= 0.6 is 0 Å². The Hall–Kier alpha value is -1.73. The van der Waals surface area contributed by atoms with E-state index in [4.69, 9.17) is 10.5 Å². The summed E-state index contributed by atoms with van der Waals surface area (Å²) in [6, 6.07) is 3.34. The zero-order valence-electron chi connectivity index (χ0n) is 10.2. The van der Waals surface area contributed by atoms with Crippen LogP contribution in [0.2, 0.25) is 0 Å². The van der Waals surface area contributed by atoms with Crippen molar-refractivity contribution in [2.75, 3.05) is 12.4 Å². The summed E-state index contributed by atoms with van der Waals surface area (Å²) in [4.78, 5) is 3.85. The van der Waals surface area contributed by atoms with E-state index in [0.717, 1.165) is 0 Å². The Bertz CT molecular complexity index is 557. The molecule has 0 amide bonds. The molecule has 0 bridgehead atoms. The number of nitrogens with zero attached hydrogens (tertiary/aromatic N) is 3. The van der Waals surface area contributed by atoms with Crippen molar-refractivity contribution in [3.8, 4) is 0 Å². The van der Waals surface area contributed by atoms with E-state index in [1.165, 1.54) is 17.8 Å². The van der Waals surface area contributed by atoms with Crippen molar-refractivity contribution in [3.05, 3.63) is 24.2 Å². The number of ether oxygens (including phenoxy) is 1. The molecule has 0 spiro atoms. The number of hydrogen-bond donors (Lipinski definition) is 2. The molecular formula is C11H15FN4O2. The largest absolute Gasteiger partial charge is 0.382 e. The van der Waals surface area contributed by atoms with Crippen LogP contribution in [0, 0.1) is 0 Å². The van der Waals surface area contributed by atoms with Crippen LogP contribution in [0.3, 0.4) is 0 Å². The molecule has 1 unspecified atom stereocenters. The summed E-state index contributed by atoms with van der Waals surface area (Å²) < 4.78 is 20.0. The fourth-order valence-electron chi connectivity index (χ4n) is 1.89. The second-order valence-electron chi connectivity index (χ2n) is 4.24. The predicted molar refractivity (Wildman–Crippen MR) is 63.5 cm³/mol. The molecular weight excluding hydrogens is 239 g/mol. The van der Waals surface area contributed by atoms with Crippen LogP contribution in [0.25, 0.3) is 5.52 Å². The molecule has 0 radical (unpaired) electrons. The Morgan fingerprint density at radius 1 is 1.61 bits per heavy atom. The lowest BCUT2D eigenvalue weighted by Gasteiger charge is -2.27. The van der Waals surface area contributed by atoms with Crippen LogP contribution in [-0.2, 0) is 10.3 Å². The summed E-state index contributed by atoms with van der Waals surface area (Å²) >= 11 is 0. The van der Waals surface area contributed by atoms with Gasteiger partial charge in [-0.15, -0.1) is 0 Å². The molecule has 7 heteroatoms. The second-order valence-corrected chi connectivity index (χ2v) is 4.24. The van der Waals surface area contributed by atoms with Gasteiger partial charge in [0.2, 0.25) is 0 Å². The van der Waals surface area contributed by atoms with Gasteiger partial charge < -0.3 is 15.6 Å². The molecule has 0 fully saturated rings. The maximum Gasteiger partial charge on any atom is 0.153 e. The van der Waals surface area contributed by atoms with Gasteiger partial charge in [0, 0.05) is 0 Å². The summed E-state index contributed by atoms with van der Waals surface area (Å²) in [5.41, 5.74) is 5.45. The molecule has 2 atom stereocenters. The van der Waals surface area contributed by atoms with Crippen molar-refractivity contribution in [1.29, 1.82) is 0 Å². The first-order valence-corrected chi connectivity index (χ1v) is 5.48.